The molecule has 1 aromatic rings. The van der Waals surface area contributed by atoms with Crippen LogP contribution in [0.25, 0.3) is 0 Å². The lowest BCUT2D eigenvalue weighted by Crippen LogP contribution is -2.54. The van der Waals surface area contributed by atoms with Gasteiger partial charge in [0.1, 0.15) is 0 Å². The Labute approximate surface area is 306 Å². The van der Waals surface area contributed by atoms with Gasteiger partial charge in [-0.3, -0.25) is 24.0 Å². The lowest BCUT2D eigenvalue weighted by Gasteiger charge is -2.40. The normalized spacial score (nSPS) is 19.4. The number of carbonyl (C=O) groups excluding carboxylic acids is 5. The number of benzene rings is 1. The molecule has 0 bridgehead atoms. The highest BCUT2D eigenvalue weighted by molar-refractivity contribution is 5.90. The van der Waals surface area contributed by atoms with E-state index in [2.05, 4.69) is 24.5 Å². The highest BCUT2D eigenvalue weighted by Gasteiger charge is 2.42. The number of Topliss-reactive ketones (excluding diaryl/α,β-unsaturated/α-hetero) is 1. The third-order valence-electron chi connectivity index (χ3n) is 11.2. The summed E-state index contributed by atoms with van der Waals surface area (Å²) >= 11 is 0. The molecule has 0 unspecified atom stereocenters. The summed E-state index contributed by atoms with van der Waals surface area (Å²) in [5, 5.41) is 5.99. The second kappa shape index (κ2) is 21.3. The maximum atomic E-state index is 14.2. The van der Waals surface area contributed by atoms with Gasteiger partial charge in [0.2, 0.25) is 17.7 Å². The number of rotatable bonds is 22. The van der Waals surface area contributed by atoms with Gasteiger partial charge >= 0.3 is 0 Å². The van der Waals surface area contributed by atoms with E-state index in [4.69, 9.17) is 9.47 Å². The van der Waals surface area contributed by atoms with Crippen molar-refractivity contribution in [3.63, 3.8) is 0 Å². The Morgan fingerprint density at radius 1 is 1.00 bits per heavy atom. The van der Waals surface area contributed by atoms with Gasteiger partial charge in [-0.2, -0.15) is 0 Å². The average molecular weight is 715 g/mol. The van der Waals surface area contributed by atoms with Crippen LogP contribution in [-0.2, 0) is 39.9 Å². The summed E-state index contributed by atoms with van der Waals surface area (Å²) < 4.78 is 11.2. The minimum absolute atomic E-state index is 0.0200. The van der Waals surface area contributed by atoms with Gasteiger partial charge in [0.05, 0.1) is 24.6 Å². The largest absolute Gasteiger partial charge is 0.444 e. The molecular weight excluding hydrogens is 648 g/mol. The lowest BCUT2D eigenvalue weighted by molar-refractivity contribution is -0.148. The number of hydrogen-bond acceptors (Lipinski definition) is 8. The van der Waals surface area contributed by atoms with Crippen LogP contribution in [-0.4, -0.2) is 98.0 Å². The molecule has 11 heteroatoms. The molecule has 3 amide bonds. The molecule has 11 nitrogen and oxygen atoms in total. The van der Waals surface area contributed by atoms with Crippen molar-refractivity contribution >= 4 is 30.0 Å². The number of amides is 3. The maximum absolute atomic E-state index is 14.2. The first-order valence-corrected chi connectivity index (χ1v) is 18.8. The smallest absolute Gasteiger partial charge is 0.295 e. The molecule has 1 aliphatic heterocycles. The van der Waals surface area contributed by atoms with Crippen LogP contribution in [0.15, 0.2) is 30.3 Å². The van der Waals surface area contributed by atoms with Crippen LogP contribution in [0.4, 0.5) is 0 Å². The molecule has 0 spiro atoms. The van der Waals surface area contributed by atoms with Gasteiger partial charge in [-0.15, -0.1) is 0 Å². The lowest BCUT2D eigenvalue weighted by atomic mass is 9.84. The van der Waals surface area contributed by atoms with Crippen molar-refractivity contribution in [2.75, 3.05) is 27.7 Å². The molecule has 1 heterocycles. The second-order valence-corrected chi connectivity index (χ2v) is 15.2. The molecular formula is C40H66N4O7. The van der Waals surface area contributed by atoms with Gasteiger partial charge in [0.15, 0.2) is 12.0 Å². The third kappa shape index (κ3) is 12.1. The van der Waals surface area contributed by atoms with E-state index in [0.29, 0.717) is 19.4 Å². The van der Waals surface area contributed by atoms with Gasteiger partial charge in [-0.25, -0.2) is 0 Å². The predicted molar refractivity (Wildman–Crippen MR) is 199 cm³/mol. The van der Waals surface area contributed by atoms with Crippen molar-refractivity contribution in [2.24, 2.45) is 35.5 Å². The highest BCUT2D eigenvalue weighted by atomic mass is 16.5. The number of hydrogen-bond donors (Lipinski definition) is 2. The summed E-state index contributed by atoms with van der Waals surface area (Å²) in [4.78, 5) is 69.8. The Bertz CT molecular complexity index is 1260. The number of methoxy groups -OCH3 is 1. The molecule has 0 aliphatic carbocycles. The monoisotopic (exact) mass is 714 g/mol. The van der Waals surface area contributed by atoms with Crippen molar-refractivity contribution in [2.45, 2.75) is 124 Å². The average Bonchev–Trinajstić information content (AvgIpc) is 3.60. The molecule has 1 aliphatic rings. The minimum atomic E-state index is -0.804. The van der Waals surface area contributed by atoms with Gasteiger partial charge in [0.25, 0.3) is 6.47 Å². The summed E-state index contributed by atoms with van der Waals surface area (Å²) in [6.45, 7) is 16.8. The molecule has 2 rings (SSSR count). The molecule has 0 aromatic heterocycles. The number of likely N-dealkylation sites (N-methyl/N-ethyl adjacent to an activating group) is 2. The van der Waals surface area contributed by atoms with E-state index in [-0.39, 0.29) is 78.1 Å². The zero-order valence-corrected chi connectivity index (χ0v) is 33.0. The number of carbonyl (C=O) groups is 5. The molecule has 1 fully saturated rings. The zero-order chi connectivity index (χ0) is 38.4. The maximum Gasteiger partial charge on any atom is 0.295 e. The Hall–Kier alpha value is -3.31. The van der Waals surface area contributed by atoms with Crippen molar-refractivity contribution in [1.29, 1.82) is 0 Å². The molecule has 0 saturated carbocycles. The first kappa shape index (κ1) is 43.9. The van der Waals surface area contributed by atoms with Crippen LogP contribution in [0.1, 0.15) is 93.1 Å². The van der Waals surface area contributed by atoms with Crippen LogP contribution in [0, 0.1) is 35.5 Å². The number of ether oxygens (including phenoxy) is 2. The van der Waals surface area contributed by atoms with E-state index in [0.717, 1.165) is 24.8 Å². The second-order valence-electron chi connectivity index (χ2n) is 15.2. The molecule has 9 atom stereocenters. The van der Waals surface area contributed by atoms with Crippen molar-refractivity contribution in [3.05, 3.63) is 35.9 Å². The van der Waals surface area contributed by atoms with Gasteiger partial charge in [-0.05, 0) is 49.1 Å². The van der Waals surface area contributed by atoms with Crippen LogP contribution >= 0.6 is 0 Å². The SMILES string of the molecule is CC[C@H](C)[C@@H]([C@@H](CC(=O)N1CCC[C@H]1[C@H](C)[C@@H](C)C(=O)N[C@H](Cc1ccccc1)OC=O)OC)N(C)C(=O)[C@@H](CC(=O)[C@@H](NC)C(C)C)C(C)C. The fraction of sp³-hybridized carbons (Fsp3) is 0.725. The number of ketones is 1. The fourth-order valence-corrected chi connectivity index (χ4v) is 7.64. The third-order valence-corrected chi connectivity index (χ3v) is 11.2. The number of likely N-dealkylation sites (tertiary alicyclic amines) is 1. The summed E-state index contributed by atoms with van der Waals surface area (Å²) in [6.07, 6.45) is 1.55. The van der Waals surface area contributed by atoms with Crippen molar-refractivity contribution in [3.8, 4) is 0 Å². The summed E-state index contributed by atoms with van der Waals surface area (Å²) in [7, 11) is 5.13. The Morgan fingerprint density at radius 2 is 1.65 bits per heavy atom. The van der Waals surface area contributed by atoms with Crippen LogP contribution < -0.4 is 10.6 Å². The van der Waals surface area contributed by atoms with E-state index >= 15 is 0 Å². The fourth-order valence-electron chi connectivity index (χ4n) is 7.64. The van der Waals surface area contributed by atoms with Crippen LogP contribution in [0.5, 0.6) is 0 Å². The van der Waals surface area contributed by atoms with E-state index in [9.17, 15) is 24.0 Å². The van der Waals surface area contributed by atoms with Crippen molar-refractivity contribution in [1.82, 2.24) is 20.4 Å². The molecule has 51 heavy (non-hydrogen) atoms. The van der Waals surface area contributed by atoms with E-state index in [1.807, 2.05) is 76.8 Å². The molecule has 1 saturated heterocycles. The first-order chi connectivity index (χ1) is 24.1. The quantitative estimate of drug-likeness (QED) is 0.129. The molecule has 288 valence electrons. The number of nitrogens with one attached hydrogen (secondary N) is 2. The van der Waals surface area contributed by atoms with Crippen molar-refractivity contribution < 1.29 is 33.4 Å². The zero-order valence-electron chi connectivity index (χ0n) is 33.0. The van der Waals surface area contributed by atoms with Gasteiger partial charge in [-0.1, -0.05) is 92.1 Å². The minimum Gasteiger partial charge on any atom is -0.444 e. The van der Waals surface area contributed by atoms with Crippen LogP contribution in [0.3, 0.4) is 0 Å². The van der Waals surface area contributed by atoms with Gasteiger partial charge < -0.3 is 29.9 Å². The predicted octanol–water partition coefficient (Wildman–Crippen LogP) is 4.86. The molecule has 1 aromatic carbocycles. The topological polar surface area (TPSA) is 134 Å². The standard InChI is InChI=1S/C40H66N4O7/c1-12-27(6)38(43(10)40(49)31(25(2)3)22-33(46)37(41-9)26(4)5)34(50-11)23-36(47)44-20-16-19-32(44)28(7)29(8)39(48)42-35(51-24-45)21-30-17-14-13-15-18-30/h13-15,17-18,24-29,31-32,34-35,37-38,41H,12,16,19-23H2,1-11H3,(H,42,48)/t27-,28+,29+,31-,32-,34+,35-,37-,38-/m0/s1. The van der Waals surface area contributed by atoms with E-state index in [1.54, 1.807) is 26.1 Å². The van der Waals surface area contributed by atoms with Crippen LogP contribution in [0.2, 0.25) is 0 Å². The Balaban J connectivity index is 2.21. The van der Waals surface area contributed by atoms with E-state index < -0.39 is 24.2 Å². The summed E-state index contributed by atoms with van der Waals surface area (Å²) in [5.74, 6) is -1.48. The summed E-state index contributed by atoms with van der Waals surface area (Å²) in [6, 6.07) is 8.61. The van der Waals surface area contributed by atoms with E-state index in [1.165, 1.54) is 0 Å². The molecule has 0 radical (unpaired) electrons. The Morgan fingerprint density at radius 3 is 2.18 bits per heavy atom. The molecule has 2 N–H and O–H groups in total. The highest BCUT2D eigenvalue weighted by Crippen LogP contribution is 2.32. The first-order valence-electron chi connectivity index (χ1n) is 18.8. The number of nitrogens with zero attached hydrogens (tertiary/aromatic N) is 2. The van der Waals surface area contributed by atoms with Gasteiger partial charge in [0, 0.05) is 51.4 Å². The summed E-state index contributed by atoms with van der Waals surface area (Å²) in [5.41, 5.74) is 0.926. The Kier molecular flexibility index (Phi) is 18.3.